The maximum Gasteiger partial charge on any atom is 0.279 e. The predicted molar refractivity (Wildman–Crippen MR) is 109 cm³/mol. The highest BCUT2D eigenvalue weighted by atomic mass is 16.5. The summed E-state index contributed by atoms with van der Waals surface area (Å²) in [6.45, 7) is 1.50. The predicted octanol–water partition coefficient (Wildman–Crippen LogP) is 1.83. The number of ether oxygens (including phenoxy) is 1. The molecule has 1 atom stereocenters. The molecule has 1 aromatic heterocycles. The van der Waals surface area contributed by atoms with Gasteiger partial charge in [0.05, 0.1) is 0 Å². The summed E-state index contributed by atoms with van der Waals surface area (Å²) in [5.41, 5.74) is 4.74. The fourth-order valence-corrected chi connectivity index (χ4v) is 2.59. The van der Waals surface area contributed by atoms with Crippen LogP contribution in [0.15, 0.2) is 77.7 Å². The summed E-state index contributed by atoms with van der Waals surface area (Å²) in [6, 6.07) is 18.1. The Bertz CT molecular complexity index is 1110. The molecule has 3 rings (SSSR count). The average Bonchev–Trinajstić information content (AvgIpc) is 2.78. The second-order valence-electron chi connectivity index (χ2n) is 6.34. The smallest absolute Gasteiger partial charge is 0.279 e. The van der Waals surface area contributed by atoms with Gasteiger partial charge in [0.2, 0.25) is 0 Å². The van der Waals surface area contributed by atoms with E-state index in [-0.39, 0.29) is 11.3 Å². The molecule has 0 spiro atoms. The number of benzene rings is 2. The Morgan fingerprint density at radius 1 is 0.867 bits per heavy atom. The van der Waals surface area contributed by atoms with Crippen LogP contribution >= 0.6 is 0 Å². The summed E-state index contributed by atoms with van der Waals surface area (Å²) >= 11 is 0. The van der Waals surface area contributed by atoms with Crippen LogP contribution in [0.2, 0.25) is 0 Å². The number of hydrazine groups is 1. The number of aromatic amines is 1. The van der Waals surface area contributed by atoms with E-state index in [0.29, 0.717) is 16.9 Å². The summed E-state index contributed by atoms with van der Waals surface area (Å²) in [5.74, 6) is -1.10. The van der Waals surface area contributed by atoms with Gasteiger partial charge in [0.25, 0.3) is 17.4 Å². The van der Waals surface area contributed by atoms with Crippen molar-refractivity contribution in [2.45, 2.75) is 13.0 Å². The minimum atomic E-state index is -0.935. The zero-order chi connectivity index (χ0) is 21.5. The average molecular weight is 405 g/mol. The molecule has 0 aliphatic rings. The second kappa shape index (κ2) is 9.33. The molecule has 8 nitrogen and oxygen atoms in total. The van der Waals surface area contributed by atoms with Crippen LogP contribution in [0.3, 0.4) is 0 Å². The van der Waals surface area contributed by atoms with E-state index < -0.39 is 23.5 Å². The summed E-state index contributed by atoms with van der Waals surface area (Å²) < 4.78 is 5.54. The van der Waals surface area contributed by atoms with Gasteiger partial charge in [-0.3, -0.25) is 30.0 Å². The number of pyridine rings is 1. The number of aromatic nitrogens is 1. The highest BCUT2D eigenvalue weighted by Gasteiger charge is 2.17. The minimum Gasteiger partial charge on any atom is -0.481 e. The number of carbonyl (C=O) groups excluding carboxylic acids is 3. The lowest BCUT2D eigenvalue weighted by Crippen LogP contribution is -2.48. The van der Waals surface area contributed by atoms with Crippen LogP contribution in [-0.2, 0) is 4.79 Å². The van der Waals surface area contributed by atoms with E-state index in [4.69, 9.17) is 4.74 Å². The molecule has 0 aliphatic carbocycles. The Hall–Kier alpha value is -4.20. The summed E-state index contributed by atoms with van der Waals surface area (Å²) in [4.78, 5) is 50.4. The van der Waals surface area contributed by atoms with Crippen molar-refractivity contribution in [2.24, 2.45) is 0 Å². The number of carbonyl (C=O) groups is 3. The van der Waals surface area contributed by atoms with Gasteiger partial charge in [0.15, 0.2) is 11.9 Å². The SMILES string of the molecule is C[C@@H](Oc1ccc(C(=O)c2ccccc2)cc1)C(=O)NNC(=O)c1ccc[nH]c1=O. The number of nitrogens with one attached hydrogen (secondary N) is 3. The molecule has 0 fully saturated rings. The van der Waals surface area contributed by atoms with Crippen molar-refractivity contribution in [3.63, 3.8) is 0 Å². The van der Waals surface area contributed by atoms with Gasteiger partial charge in [0, 0.05) is 17.3 Å². The molecule has 30 heavy (non-hydrogen) atoms. The van der Waals surface area contributed by atoms with Gasteiger partial charge in [-0.05, 0) is 43.3 Å². The third-order valence-electron chi connectivity index (χ3n) is 4.20. The Balaban J connectivity index is 1.55. The van der Waals surface area contributed by atoms with Crippen molar-refractivity contribution in [1.82, 2.24) is 15.8 Å². The monoisotopic (exact) mass is 405 g/mol. The molecule has 1 heterocycles. The minimum absolute atomic E-state index is 0.119. The number of rotatable bonds is 6. The van der Waals surface area contributed by atoms with Crippen molar-refractivity contribution in [2.75, 3.05) is 0 Å². The number of ketones is 1. The Kier molecular flexibility index (Phi) is 6.39. The van der Waals surface area contributed by atoms with Gasteiger partial charge < -0.3 is 9.72 Å². The molecule has 0 radical (unpaired) electrons. The summed E-state index contributed by atoms with van der Waals surface area (Å²) in [7, 11) is 0. The van der Waals surface area contributed by atoms with E-state index >= 15 is 0 Å². The molecule has 152 valence electrons. The van der Waals surface area contributed by atoms with Crippen LogP contribution < -0.4 is 21.1 Å². The highest BCUT2D eigenvalue weighted by Crippen LogP contribution is 2.16. The van der Waals surface area contributed by atoms with Gasteiger partial charge in [-0.2, -0.15) is 0 Å². The molecule has 0 saturated heterocycles. The van der Waals surface area contributed by atoms with E-state index in [1.807, 2.05) is 6.07 Å². The van der Waals surface area contributed by atoms with Crippen molar-refractivity contribution in [1.29, 1.82) is 0 Å². The third-order valence-corrected chi connectivity index (χ3v) is 4.20. The lowest BCUT2D eigenvalue weighted by atomic mass is 10.0. The summed E-state index contributed by atoms with van der Waals surface area (Å²) in [6.07, 6.45) is 0.460. The molecule has 8 heteroatoms. The number of hydrogen-bond acceptors (Lipinski definition) is 5. The van der Waals surface area contributed by atoms with Crippen LogP contribution in [0, 0.1) is 0 Å². The molecule has 0 aliphatic heterocycles. The molecule has 2 aromatic carbocycles. The molecule has 2 amide bonds. The van der Waals surface area contributed by atoms with Crippen molar-refractivity contribution >= 4 is 17.6 Å². The van der Waals surface area contributed by atoms with Gasteiger partial charge >= 0.3 is 0 Å². The van der Waals surface area contributed by atoms with Crippen molar-refractivity contribution < 1.29 is 19.1 Å². The first-order valence-corrected chi connectivity index (χ1v) is 9.10. The lowest BCUT2D eigenvalue weighted by molar-refractivity contribution is -0.128. The molecule has 0 saturated carbocycles. The van der Waals surface area contributed by atoms with Crippen LogP contribution in [0.25, 0.3) is 0 Å². The first-order chi connectivity index (χ1) is 14.5. The van der Waals surface area contributed by atoms with E-state index in [0.717, 1.165) is 0 Å². The van der Waals surface area contributed by atoms with Crippen LogP contribution in [0.1, 0.15) is 33.2 Å². The third kappa shape index (κ3) is 4.99. The number of H-pyrrole nitrogens is 1. The maximum atomic E-state index is 12.4. The topological polar surface area (TPSA) is 117 Å². The summed E-state index contributed by atoms with van der Waals surface area (Å²) in [5, 5.41) is 0. The zero-order valence-corrected chi connectivity index (χ0v) is 16.0. The first kappa shape index (κ1) is 20.5. The molecular formula is C22H19N3O5. The van der Waals surface area contributed by atoms with Gasteiger partial charge in [0.1, 0.15) is 11.3 Å². The highest BCUT2D eigenvalue weighted by molar-refractivity contribution is 6.09. The molecule has 0 unspecified atom stereocenters. The second-order valence-corrected chi connectivity index (χ2v) is 6.34. The van der Waals surface area contributed by atoms with E-state index in [2.05, 4.69) is 15.8 Å². The zero-order valence-electron chi connectivity index (χ0n) is 16.0. The van der Waals surface area contributed by atoms with Gasteiger partial charge in [-0.15, -0.1) is 0 Å². The maximum absolute atomic E-state index is 12.4. The van der Waals surface area contributed by atoms with Crippen LogP contribution in [0.5, 0.6) is 5.75 Å². The van der Waals surface area contributed by atoms with Crippen molar-refractivity contribution in [3.8, 4) is 5.75 Å². The van der Waals surface area contributed by atoms with Crippen LogP contribution in [0.4, 0.5) is 0 Å². The first-order valence-electron chi connectivity index (χ1n) is 9.10. The largest absolute Gasteiger partial charge is 0.481 e. The molecule has 3 N–H and O–H groups in total. The van der Waals surface area contributed by atoms with E-state index in [1.165, 1.54) is 25.3 Å². The lowest BCUT2D eigenvalue weighted by Gasteiger charge is -2.15. The van der Waals surface area contributed by atoms with Crippen LogP contribution in [-0.4, -0.2) is 28.7 Å². The van der Waals surface area contributed by atoms with E-state index in [9.17, 15) is 19.2 Å². The van der Waals surface area contributed by atoms with Crippen molar-refractivity contribution in [3.05, 3.63) is 100.0 Å². The van der Waals surface area contributed by atoms with E-state index in [1.54, 1.807) is 48.5 Å². The Morgan fingerprint density at radius 2 is 1.53 bits per heavy atom. The molecular weight excluding hydrogens is 386 g/mol. The molecule has 3 aromatic rings. The quantitative estimate of drug-likeness (QED) is 0.427. The number of amides is 2. The normalized spacial score (nSPS) is 11.2. The standard InChI is InChI=1S/C22H19N3O5/c1-14(20(27)24-25-22(29)18-8-5-13-23-21(18)28)30-17-11-9-16(10-12-17)19(26)15-6-3-2-4-7-15/h2-14H,1H3,(H,23,28)(H,24,27)(H,25,29)/t14-/m1/s1. The number of hydrogen-bond donors (Lipinski definition) is 3. The Morgan fingerprint density at radius 3 is 2.20 bits per heavy atom. The van der Waals surface area contributed by atoms with Gasteiger partial charge in [-0.1, -0.05) is 30.3 Å². The fourth-order valence-electron chi connectivity index (χ4n) is 2.59. The fraction of sp³-hybridized carbons (Fsp3) is 0.0909. The van der Waals surface area contributed by atoms with Gasteiger partial charge in [-0.25, -0.2) is 0 Å². The Labute approximate surface area is 171 Å². The molecule has 0 bridgehead atoms.